The van der Waals surface area contributed by atoms with Gasteiger partial charge < -0.3 is 5.32 Å². The van der Waals surface area contributed by atoms with Crippen LogP contribution >= 0.6 is 0 Å². The number of hydrogen-bond donors (Lipinski definition) is 1. The van der Waals surface area contributed by atoms with Crippen LogP contribution in [0.2, 0.25) is 0 Å². The molecule has 1 fully saturated rings. The van der Waals surface area contributed by atoms with Gasteiger partial charge in [-0.3, -0.25) is 9.78 Å². The molecular formula is C20H25N3O3S. The molecule has 2 heterocycles. The molecule has 0 aliphatic carbocycles. The second-order valence-corrected chi connectivity index (χ2v) is 8.86. The minimum absolute atomic E-state index is 0.00121. The normalized spacial score (nSPS) is 16.2. The summed E-state index contributed by atoms with van der Waals surface area (Å²) in [4.78, 5) is 16.5. The lowest BCUT2D eigenvalue weighted by Crippen LogP contribution is -2.46. The van der Waals surface area contributed by atoms with Gasteiger partial charge in [0.05, 0.1) is 4.90 Å². The van der Waals surface area contributed by atoms with Gasteiger partial charge in [0, 0.05) is 37.9 Å². The Labute approximate surface area is 160 Å². The van der Waals surface area contributed by atoms with Gasteiger partial charge in [-0.2, -0.15) is 4.31 Å². The molecule has 0 radical (unpaired) electrons. The van der Waals surface area contributed by atoms with Crippen molar-refractivity contribution in [3.05, 3.63) is 59.9 Å². The predicted octanol–water partition coefficient (Wildman–Crippen LogP) is 2.29. The summed E-state index contributed by atoms with van der Waals surface area (Å²) in [6.07, 6.45) is 5.80. The molecule has 1 aliphatic heterocycles. The predicted molar refractivity (Wildman–Crippen MR) is 104 cm³/mol. The zero-order valence-electron chi connectivity index (χ0n) is 15.5. The standard InChI is InChI=1S/C20H25N3O3S/c1-16-4-7-19(8-5-16)27(25,26)23-13-10-18(11-14-23)22-20(24)9-6-17-3-2-12-21-15-17/h2-5,7-8,12,15,18H,6,9-11,13-14H2,1H3,(H,22,24). The summed E-state index contributed by atoms with van der Waals surface area (Å²) in [5.74, 6) is -0.00121. The topological polar surface area (TPSA) is 79.4 Å². The van der Waals surface area contributed by atoms with Crippen LogP contribution in [0.25, 0.3) is 0 Å². The van der Waals surface area contributed by atoms with Gasteiger partial charge in [0.1, 0.15) is 0 Å². The Balaban J connectivity index is 1.48. The van der Waals surface area contributed by atoms with E-state index in [4.69, 9.17) is 0 Å². The number of carbonyl (C=O) groups is 1. The number of sulfonamides is 1. The maximum atomic E-state index is 12.7. The van der Waals surface area contributed by atoms with E-state index in [1.165, 1.54) is 4.31 Å². The molecule has 7 heteroatoms. The van der Waals surface area contributed by atoms with E-state index in [-0.39, 0.29) is 11.9 Å². The number of amides is 1. The number of benzene rings is 1. The number of pyridine rings is 1. The smallest absolute Gasteiger partial charge is 0.243 e. The third kappa shape index (κ3) is 5.14. The molecule has 1 saturated heterocycles. The Hall–Kier alpha value is -2.25. The summed E-state index contributed by atoms with van der Waals surface area (Å²) in [6.45, 7) is 2.77. The summed E-state index contributed by atoms with van der Waals surface area (Å²) in [5, 5.41) is 3.03. The van der Waals surface area contributed by atoms with Crippen LogP contribution in [0.1, 0.15) is 30.4 Å². The quantitative estimate of drug-likeness (QED) is 0.825. The van der Waals surface area contributed by atoms with Gasteiger partial charge in [0.15, 0.2) is 0 Å². The fourth-order valence-corrected chi connectivity index (χ4v) is 4.67. The lowest BCUT2D eigenvalue weighted by molar-refractivity contribution is -0.122. The van der Waals surface area contributed by atoms with Crippen molar-refractivity contribution in [3.63, 3.8) is 0 Å². The number of aryl methyl sites for hydroxylation is 2. The van der Waals surface area contributed by atoms with Crippen molar-refractivity contribution in [1.29, 1.82) is 0 Å². The Morgan fingerprint density at radius 1 is 1.19 bits per heavy atom. The average molecular weight is 388 g/mol. The van der Waals surface area contributed by atoms with Crippen LogP contribution in [-0.4, -0.2) is 42.7 Å². The van der Waals surface area contributed by atoms with Crippen molar-refractivity contribution in [2.45, 2.75) is 43.5 Å². The first kappa shape index (κ1) is 19.5. The Morgan fingerprint density at radius 2 is 1.89 bits per heavy atom. The number of hydrogen-bond acceptors (Lipinski definition) is 4. The number of piperidine rings is 1. The number of nitrogens with zero attached hydrogens (tertiary/aromatic N) is 2. The van der Waals surface area contributed by atoms with Crippen LogP contribution in [-0.2, 0) is 21.2 Å². The average Bonchev–Trinajstić information content (AvgIpc) is 2.68. The number of carbonyl (C=O) groups excluding carboxylic acids is 1. The third-order valence-corrected chi connectivity index (χ3v) is 6.75. The lowest BCUT2D eigenvalue weighted by atomic mass is 10.1. The van der Waals surface area contributed by atoms with Crippen LogP contribution in [0, 0.1) is 6.92 Å². The van der Waals surface area contributed by atoms with Crippen molar-refractivity contribution < 1.29 is 13.2 Å². The van der Waals surface area contributed by atoms with E-state index in [1.807, 2.05) is 31.2 Å². The van der Waals surface area contributed by atoms with E-state index in [1.54, 1.807) is 24.5 Å². The lowest BCUT2D eigenvalue weighted by Gasteiger charge is -2.31. The van der Waals surface area contributed by atoms with E-state index in [0.717, 1.165) is 11.1 Å². The maximum Gasteiger partial charge on any atom is 0.243 e. The molecule has 1 N–H and O–H groups in total. The molecule has 0 atom stereocenters. The Morgan fingerprint density at radius 3 is 2.52 bits per heavy atom. The van der Waals surface area contributed by atoms with E-state index in [9.17, 15) is 13.2 Å². The van der Waals surface area contributed by atoms with Crippen LogP contribution < -0.4 is 5.32 Å². The van der Waals surface area contributed by atoms with Gasteiger partial charge in [0.2, 0.25) is 15.9 Å². The summed E-state index contributed by atoms with van der Waals surface area (Å²) < 4.78 is 26.9. The molecule has 3 rings (SSSR count). The molecule has 6 nitrogen and oxygen atoms in total. The van der Waals surface area contributed by atoms with Gasteiger partial charge in [-0.15, -0.1) is 0 Å². The summed E-state index contributed by atoms with van der Waals surface area (Å²) >= 11 is 0. The SMILES string of the molecule is Cc1ccc(S(=O)(=O)N2CCC(NC(=O)CCc3cccnc3)CC2)cc1. The van der Waals surface area contributed by atoms with Crippen LogP contribution in [0.4, 0.5) is 0 Å². The maximum absolute atomic E-state index is 12.7. The summed E-state index contributed by atoms with van der Waals surface area (Å²) in [5.41, 5.74) is 2.06. The van der Waals surface area contributed by atoms with Crippen LogP contribution in [0.5, 0.6) is 0 Å². The summed E-state index contributed by atoms with van der Waals surface area (Å²) in [7, 11) is -3.46. The number of rotatable bonds is 6. The van der Waals surface area contributed by atoms with E-state index >= 15 is 0 Å². The highest BCUT2D eigenvalue weighted by atomic mass is 32.2. The summed E-state index contributed by atoms with van der Waals surface area (Å²) in [6, 6.07) is 10.8. The largest absolute Gasteiger partial charge is 0.353 e. The van der Waals surface area contributed by atoms with Crippen molar-refractivity contribution in [2.24, 2.45) is 0 Å². The molecule has 144 valence electrons. The van der Waals surface area contributed by atoms with Crippen molar-refractivity contribution >= 4 is 15.9 Å². The highest BCUT2D eigenvalue weighted by Gasteiger charge is 2.29. The minimum atomic E-state index is -3.46. The number of nitrogens with one attached hydrogen (secondary N) is 1. The fourth-order valence-electron chi connectivity index (χ4n) is 3.20. The number of aromatic nitrogens is 1. The highest BCUT2D eigenvalue weighted by Crippen LogP contribution is 2.21. The van der Waals surface area contributed by atoms with Gasteiger partial charge >= 0.3 is 0 Å². The molecule has 27 heavy (non-hydrogen) atoms. The minimum Gasteiger partial charge on any atom is -0.353 e. The second kappa shape index (κ2) is 8.63. The van der Waals surface area contributed by atoms with Crippen LogP contribution in [0.15, 0.2) is 53.7 Å². The molecule has 0 unspecified atom stereocenters. The molecule has 0 spiro atoms. The first-order valence-electron chi connectivity index (χ1n) is 9.20. The van der Waals surface area contributed by atoms with Gasteiger partial charge in [-0.05, 0) is 49.9 Å². The van der Waals surface area contributed by atoms with Gasteiger partial charge in [-0.1, -0.05) is 23.8 Å². The Bertz CT molecular complexity index is 859. The molecule has 2 aromatic rings. The van der Waals surface area contributed by atoms with Gasteiger partial charge in [0.25, 0.3) is 0 Å². The van der Waals surface area contributed by atoms with E-state index in [0.29, 0.717) is 43.7 Å². The van der Waals surface area contributed by atoms with Crippen molar-refractivity contribution in [2.75, 3.05) is 13.1 Å². The zero-order valence-corrected chi connectivity index (χ0v) is 16.3. The first-order valence-corrected chi connectivity index (χ1v) is 10.6. The molecule has 0 saturated carbocycles. The zero-order chi connectivity index (χ0) is 19.3. The molecule has 1 aromatic carbocycles. The second-order valence-electron chi connectivity index (χ2n) is 6.92. The van der Waals surface area contributed by atoms with E-state index < -0.39 is 10.0 Å². The molecular weight excluding hydrogens is 362 g/mol. The first-order chi connectivity index (χ1) is 12.9. The molecule has 1 aromatic heterocycles. The van der Waals surface area contributed by atoms with Crippen molar-refractivity contribution in [1.82, 2.24) is 14.6 Å². The van der Waals surface area contributed by atoms with Crippen LogP contribution in [0.3, 0.4) is 0 Å². The molecule has 0 bridgehead atoms. The molecule has 1 amide bonds. The van der Waals surface area contributed by atoms with Gasteiger partial charge in [-0.25, -0.2) is 8.42 Å². The molecule has 1 aliphatic rings. The van der Waals surface area contributed by atoms with E-state index in [2.05, 4.69) is 10.3 Å². The van der Waals surface area contributed by atoms with Crippen molar-refractivity contribution in [3.8, 4) is 0 Å². The third-order valence-electron chi connectivity index (χ3n) is 4.84. The monoisotopic (exact) mass is 387 g/mol. The highest BCUT2D eigenvalue weighted by molar-refractivity contribution is 7.89. The Kier molecular flexibility index (Phi) is 6.23. The fraction of sp³-hybridized carbons (Fsp3) is 0.400.